The van der Waals surface area contributed by atoms with Crippen LogP contribution in [0.5, 0.6) is 0 Å². The van der Waals surface area contributed by atoms with Crippen LogP contribution in [-0.4, -0.2) is 34.2 Å². The Kier molecular flexibility index (Phi) is 8.26. The van der Waals surface area contributed by atoms with Crippen molar-refractivity contribution in [1.29, 1.82) is 0 Å². The van der Waals surface area contributed by atoms with Gasteiger partial charge in [-0.3, -0.25) is 4.99 Å². The van der Waals surface area contributed by atoms with Gasteiger partial charge in [-0.2, -0.15) is 0 Å². The third kappa shape index (κ3) is 7.86. The van der Waals surface area contributed by atoms with Gasteiger partial charge in [-0.15, -0.1) is 0 Å². The Labute approximate surface area is 170 Å². The first-order valence-corrected chi connectivity index (χ1v) is 11.3. The van der Waals surface area contributed by atoms with Crippen molar-refractivity contribution in [3.05, 3.63) is 70.0 Å². The second kappa shape index (κ2) is 10.4. The molecule has 0 bridgehead atoms. The molecule has 0 heterocycles. The molecule has 0 atom stereocenters. The van der Waals surface area contributed by atoms with Crippen molar-refractivity contribution >= 4 is 27.4 Å². The number of aryl methyl sites for hydroxylation is 1. The first-order valence-electron chi connectivity index (χ1n) is 8.91. The third-order valence-electron chi connectivity index (χ3n) is 4.10. The molecule has 2 aromatic rings. The van der Waals surface area contributed by atoms with Gasteiger partial charge < -0.3 is 10.6 Å². The number of hydrogen-bond donors (Lipinski definition) is 2. The number of benzene rings is 2. The maximum absolute atomic E-state index is 13.6. The summed E-state index contributed by atoms with van der Waals surface area (Å²) in [7, 11) is -1.56. The van der Waals surface area contributed by atoms with Gasteiger partial charge in [0.25, 0.3) is 0 Å². The number of guanidine groups is 1. The molecular weight excluding hydrogens is 401 g/mol. The lowest BCUT2D eigenvalue weighted by Gasteiger charge is -2.14. The summed E-state index contributed by atoms with van der Waals surface area (Å²) in [4.78, 5) is 4.15. The van der Waals surface area contributed by atoms with Crippen LogP contribution in [0.2, 0.25) is 5.02 Å². The summed E-state index contributed by atoms with van der Waals surface area (Å²) in [5.41, 5.74) is 2.38. The van der Waals surface area contributed by atoms with E-state index in [9.17, 15) is 12.8 Å². The minimum atomic E-state index is -3.21. The van der Waals surface area contributed by atoms with Crippen LogP contribution in [0.25, 0.3) is 0 Å². The standard InChI is InChI=1S/C20H25ClFN3O2S/c1-23-20(24-11-3-4-15-5-8-18(21)9-6-15)25-13-17-12-19(22)10-7-16(17)14-28(2,26)27/h5-10,12H,3-4,11,13-14H2,1-2H3,(H2,23,24,25). The summed E-state index contributed by atoms with van der Waals surface area (Å²) in [6.07, 6.45) is 2.97. The lowest BCUT2D eigenvalue weighted by molar-refractivity contribution is 0.599. The lowest BCUT2D eigenvalue weighted by Crippen LogP contribution is -2.37. The monoisotopic (exact) mass is 425 g/mol. The third-order valence-corrected chi connectivity index (χ3v) is 5.19. The topological polar surface area (TPSA) is 70.6 Å². The number of sulfone groups is 1. The summed E-state index contributed by atoms with van der Waals surface area (Å²) in [5.74, 6) is 0.0443. The Morgan fingerprint density at radius 2 is 1.82 bits per heavy atom. The maximum Gasteiger partial charge on any atom is 0.191 e. The van der Waals surface area contributed by atoms with Gasteiger partial charge in [-0.05, 0) is 53.8 Å². The summed E-state index contributed by atoms with van der Waals surface area (Å²) < 4.78 is 36.8. The van der Waals surface area contributed by atoms with Crippen LogP contribution < -0.4 is 10.6 Å². The normalized spacial score (nSPS) is 12.1. The zero-order valence-corrected chi connectivity index (χ0v) is 17.6. The molecule has 0 saturated heterocycles. The molecule has 28 heavy (non-hydrogen) atoms. The van der Waals surface area contributed by atoms with Crippen LogP contribution in [0.15, 0.2) is 47.5 Å². The summed E-state index contributed by atoms with van der Waals surface area (Å²) in [6.45, 7) is 0.987. The van der Waals surface area contributed by atoms with Gasteiger partial charge in [0, 0.05) is 31.4 Å². The largest absolute Gasteiger partial charge is 0.356 e. The van der Waals surface area contributed by atoms with E-state index in [-0.39, 0.29) is 12.3 Å². The van der Waals surface area contributed by atoms with E-state index in [1.807, 2.05) is 24.3 Å². The van der Waals surface area contributed by atoms with Gasteiger partial charge >= 0.3 is 0 Å². The van der Waals surface area contributed by atoms with Crippen LogP contribution in [0.4, 0.5) is 4.39 Å². The van der Waals surface area contributed by atoms with Crippen LogP contribution >= 0.6 is 11.6 Å². The Balaban J connectivity index is 1.86. The maximum atomic E-state index is 13.6. The van der Waals surface area contributed by atoms with Crippen molar-refractivity contribution < 1.29 is 12.8 Å². The fraction of sp³-hybridized carbons (Fsp3) is 0.350. The first-order chi connectivity index (χ1) is 13.3. The number of aliphatic imine (C=N–C) groups is 1. The van der Waals surface area contributed by atoms with E-state index in [4.69, 9.17) is 11.6 Å². The Morgan fingerprint density at radius 1 is 1.11 bits per heavy atom. The van der Waals surface area contributed by atoms with Crippen molar-refractivity contribution in [1.82, 2.24) is 10.6 Å². The van der Waals surface area contributed by atoms with Crippen molar-refractivity contribution in [3.8, 4) is 0 Å². The molecule has 0 fully saturated rings. The Bertz CT molecular complexity index is 916. The molecule has 2 rings (SSSR count). The number of nitrogens with zero attached hydrogens (tertiary/aromatic N) is 1. The Morgan fingerprint density at radius 3 is 2.46 bits per heavy atom. The SMILES string of the molecule is CN=C(NCCCc1ccc(Cl)cc1)NCc1cc(F)ccc1CS(C)(=O)=O. The second-order valence-corrected chi connectivity index (χ2v) is 9.14. The fourth-order valence-electron chi connectivity index (χ4n) is 2.73. The number of halogens is 2. The highest BCUT2D eigenvalue weighted by Gasteiger charge is 2.11. The Hall–Kier alpha value is -2.12. The van der Waals surface area contributed by atoms with E-state index in [0.717, 1.165) is 24.1 Å². The fourth-order valence-corrected chi connectivity index (χ4v) is 3.70. The number of hydrogen-bond acceptors (Lipinski definition) is 3. The molecule has 2 N–H and O–H groups in total. The van der Waals surface area contributed by atoms with Crippen molar-refractivity contribution in [2.24, 2.45) is 4.99 Å². The smallest absolute Gasteiger partial charge is 0.191 e. The zero-order valence-electron chi connectivity index (χ0n) is 16.0. The molecule has 0 aromatic heterocycles. The molecule has 0 amide bonds. The highest BCUT2D eigenvalue weighted by Crippen LogP contribution is 2.14. The molecule has 8 heteroatoms. The molecule has 0 saturated carbocycles. The highest BCUT2D eigenvalue weighted by atomic mass is 35.5. The van der Waals surface area contributed by atoms with Gasteiger partial charge in [0.1, 0.15) is 5.82 Å². The summed E-state index contributed by atoms with van der Waals surface area (Å²) in [6, 6.07) is 11.9. The van der Waals surface area contributed by atoms with Crippen molar-refractivity contribution in [2.75, 3.05) is 19.8 Å². The predicted octanol–water partition coefficient (Wildman–Crippen LogP) is 3.32. The second-order valence-electron chi connectivity index (χ2n) is 6.57. The summed E-state index contributed by atoms with van der Waals surface area (Å²) in [5, 5.41) is 7.03. The van der Waals surface area contributed by atoms with E-state index >= 15 is 0 Å². The van der Waals surface area contributed by atoms with E-state index in [2.05, 4.69) is 15.6 Å². The first kappa shape index (κ1) is 22.2. The molecule has 0 unspecified atom stereocenters. The molecule has 5 nitrogen and oxygen atoms in total. The molecule has 0 aliphatic heterocycles. The molecule has 2 aromatic carbocycles. The number of nitrogens with one attached hydrogen (secondary N) is 2. The molecular formula is C20H25ClFN3O2S. The van der Waals surface area contributed by atoms with Gasteiger partial charge in [0.2, 0.25) is 0 Å². The van der Waals surface area contributed by atoms with E-state index in [0.29, 0.717) is 23.6 Å². The van der Waals surface area contributed by atoms with Crippen molar-refractivity contribution in [3.63, 3.8) is 0 Å². The average Bonchev–Trinajstić information content (AvgIpc) is 2.63. The quantitative estimate of drug-likeness (QED) is 0.386. The number of rotatable bonds is 8. The molecule has 152 valence electrons. The molecule has 0 aliphatic carbocycles. The molecule has 0 aliphatic rings. The molecule has 0 spiro atoms. The highest BCUT2D eigenvalue weighted by molar-refractivity contribution is 7.89. The zero-order chi connectivity index (χ0) is 20.6. The van der Waals surface area contributed by atoms with E-state index in [1.165, 1.54) is 23.8 Å². The predicted molar refractivity (Wildman–Crippen MR) is 113 cm³/mol. The van der Waals surface area contributed by atoms with E-state index < -0.39 is 15.7 Å². The van der Waals surface area contributed by atoms with Crippen molar-refractivity contribution in [2.45, 2.75) is 25.1 Å². The van der Waals surface area contributed by atoms with E-state index in [1.54, 1.807) is 7.05 Å². The van der Waals surface area contributed by atoms with Gasteiger partial charge in [0.05, 0.1) is 5.75 Å². The van der Waals surface area contributed by atoms with Gasteiger partial charge in [-0.1, -0.05) is 29.8 Å². The minimum Gasteiger partial charge on any atom is -0.356 e. The van der Waals surface area contributed by atoms with Gasteiger partial charge in [0.15, 0.2) is 15.8 Å². The minimum absolute atomic E-state index is 0.128. The van der Waals surface area contributed by atoms with Crippen LogP contribution in [0.3, 0.4) is 0 Å². The van der Waals surface area contributed by atoms with Gasteiger partial charge in [-0.25, -0.2) is 12.8 Å². The average molecular weight is 426 g/mol. The van der Waals surface area contributed by atoms with Crippen LogP contribution in [0, 0.1) is 5.82 Å². The molecule has 0 radical (unpaired) electrons. The lowest BCUT2D eigenvalue weighted by atomic mass is 10.1. The summed E-state index contributed by atoms with van der Waals surface area (Å²) >= 11 is 5.88. The van der Waals surface area contributed by atoms with Crippen LogP contribution in [-0.2, 0) is 28.6 Å². The van der Waals surface area contributed by atoms with Crippen LogP contribution in [0.1, 0.15) is 23.1 Å².